The first-order valence-electron chi connectivity index (χ1n) is 21.6. The molecule has 0 aromatic rings. The van der Waals surface area contributed by atoms with Crippen LogP contribution in [-0.4, -0.2) is 37.0 Å². The van der Waals surface area contributed by atoms with Crippen LogP contribution in [0.5, 0.6) is 0 Å². The molecule has 1 N–H and O–H groups in total. The van der Waals surface area contributed by atoms with Gasteiger partial charge in [0.1, 0.15) is 6.10 Å². The average Bonchev–Trinajstić information content (AvgIpc) is 3.08. The Morgan fingerprint density at radius 2 is 0.702 bits per heavy atom. The SMILES string of the molecule is CCCCCCCCCCCCCCCCCCCCCCCCCOCC(CO)OC(=O)CCCCCCCCCCCCCC. The molecule has 0 aliphatic heterocycles. The smallest absolute Gasteiger partial charge is 0.306 e. The Morgan fingerprint density at radius 3 is 1.00 bits per heavy atom. The van der Waals surface area contributed by atoms with Crippen LogP contribution in [-0.2, 0) is 14.3 Å². The molecule has 0 saturated carbocycles. The van der Waals surface area contributed by atoms with Crippen molar-refractivity contribution >= 4 is 5.97 Å². The Kier molecular flexibility index (Phi) is 41.0. The van der Waals surface area contributed by atoms with Crippen LogP contribution in [0.15, 0.2) is 0 Å². The molecule has 0 fully saturated rings. The van der Waals surface area contributed by atoms with E-state index in [2.05, 4.69) is 13.8 Å². The van der Waals surface area contributed by atoms with Gasteiger partial charge in [-0.05, 0) is 12.8 Å². The van der Waals surface area contributed by atoms with Crippen LogP contribution in [0.25, 0.3) is 0 Å². The molecule has 0 rings (SSSR count). The molecule has 0 bridgehead atoms. The standard InChI is InChI=1S/C43H86O4/c1-3-5-7-9-11-13-15-17-18-19-20-21-22-23-24-25-26-27-29-31-33-35-37-39-46-41-42(40-44)47-43(45)38-36-34-32-30-28-16-14-12-10-8-6-4-2/h42,44H,3-41H2,1-2H3. The molecule has 0 aliphatic rings. The lowest BCUT2D eigenvalue weighted by Gasteiger charge is -2.16. The molecule has 0 aliphatic carbocycles. The van der Waals surface area contributed by atoms with E-state index >= 15 is 0 Å². The lowest BCUT2D eigenvalue weighted by Crippen LogP contribution is -2.27. The van der Waals surface area contributed by atoms with Gasteiger partial charge in [-0.2, -0.15) is 0 Å². The zero-order chi connectivity index (χ0) is 34.1. The number of carbonyl (C=O) groups is 1. The van der Waals surface area contributed by atoms with E-state index in [9.17, 15) is 9.90 Å². The topological polar surface area (TPSA) is 55.8 Å². The highest BCUT2D eigenvalue weighted by Gasteiger charge is 2.13. The van der Waals surface area contributed by atoms with E-state index in [1.54, 1.807) is 0 Å². The van der Waals surface area contributed by atoms with Gasteiger partial charge in [0.2, 0.25) is 0 Å². The highest BCUT2D eigenvalue weighted by molar-refractivity contribution is 5.69. The van der Waals surface area contributed by atoms with Crippen molar-refractivity contribution in [1.29, 1.82) is 0 Å². The van der Waals surface area contributed by atoms with Gasteiger partial charge in [-0.1, -0.05) is 226 Å². The van der Waals surface area contributed by atoms with Crippen molar-refractivity contribution in [2.24, 2.45) is 0 Å². The fraction of sp³-hybridized carbons (Fsp3) is 0.977. The summed E-state index contributed by atoms with van der Waals surface area (Å²) >= 11 is 0. The number of unbranched alkanes of at least 4 members (excludes halogenated alkanes) is 33. The zero-order valence-electron chi connectivity index (χ0n) is 32.3. The Labute approximate surface area is 295 Å². The fourth-order valence-electron chi connectivity index (χ4n) is 6.68. The lowest BCUT2D eigenvalue weighted by molar-refractivity contribution is -0.154. The quantitative estimate of drug-likeness (QED) is 0.0521. The highest BCUT2D eigenvalue weighted by atomic mass is 16.6. The van der Waals surface area contributed by atoms with Crippen molar-refractivity contribution in [2.75, 3.05) is 19.8 Å². The third-order valence-electron chi connectivity index (χ3n) is 9.93. The molecular weight excluding hydrogens is 580 g/mol. The summed E-state index contributed by atoms with van der Waals surface area (Å²) in [5.41, 5.74) is 0. The van der Waals surface area contributed by atoms with E-state index < -0.39 is 6.10 Å². The molecule has 0 aromatic heterocycles. The van der Waals surface area contributed by atoms with Gasteiger partial charge < -0.3 is 14.6 Å². The van der Waals surface area contributed by atoms with Gasteiger partial charge in [0.05, 0.1) is 13.2 Å². The van der Waals surface area contributed by atoms with Gasteiger partial charge in [0.25, 0.3) is 0 Å². The number of hydrogen-bond donors (Lipinski definition) is 1. The van der Waals surface area contributed by atoms with E-state index in [1.165, 1.54) is 205 Å². The van der Waals surface area contributed by atoms with Gasteiger partial charge in [0.15, 0.2) is 0 Å². The molecular formula is C43H86O4. The largest absolute Gasteiger partial charge is 0.457 e. The first-order valence-corrected chi connectivity index (χ1v) is 21.6. The summed E-state index contributed by atoms with van der Waals surface area (Å²) in [5.74, 6) is -0.195. The molecule has 0 aromatic carbocycles. The van der Waals surface area contributed by atoms with Crippen molar-refractivity contribution in [1.82, 2.24) is 0 Å². The van der Waals surface area contributed by atoms with Gasteiger partial charge in [-0.15, -0.1) is 0 Å². The van der Waals surface area contributed by atoms with Crippen molar-refractivity contribution in [3.63, 3.8) is 0 Å². The molecule has 0 spiro atoms. The third kappa shape index (κ3) is 39.7. The van der Waals surface area contributed by atoms with E-state index in [1.807, 2.05) is 0 Å². The molecule has 0 saturated heterocycles. The van der Waals surface area contributed by atoms with Crippen LogP contribution in [0.4, 0.5) is 0 Å². The summed E-state index contributed by atoms with van der Waals surface area (Å²) in [6, 6.07) is 0. The third-order valence-corrected chi connectivity index (χ3v) is 9.93. The van der Waals surface area contributed by atoms with Gasteiger partial charge in [-0.25, -0.2) is 0 Å². The molecule has 282 valence electrons. The van der Waals surface area contributed by atoms with Gasteiger partial charge in [0, 0.05) is 13.0 Å². The van der Waals surface area contributed by atoms with Crippen molar-refractivity contribution in [2.45, 2.75) is 251 Å². The monoisotopic (exact) mass is 667 g/mol. The predicted octanol–water partition coefficient (Wildman–Crippen LogP) is 14.0. The molecule has 1 atom stereocenters. The first-order chi connectivity index (χ1) is 23.2. The maximum Gasteiger partial charge on any atom is 0.306 e. The maximum atomic E-state index is 12.1. The van der Waals surface area contributed by atoms with E-state index in [-0.39, 0.29) is 12.6 Å². The van der Waals surface area contributed by atoms with Crippen molar-refractivity contribution in [3.05, 3.63) is 0 Å². The number of ether oxygens (including phenoxy) is 2. The highest BCUT2D eigenvalue weighted by Crippen LogP contribution is 2.16. The molecule has 0 radical (unpaired) electrons. The first kappa shape index (κ1) is 46.4. The van der Waals surface area contributed by atoms with Gasteiger partial charge in [-0.3, -0.25) is 4.79 Å². The number of rotatable bonds is 41. The van der Waals surface area contributed by atoms with Crippen LogP contribution in [0, 0.1) is 0 Å². The van der Waals surface area contributed by atoms with E-state index in [0.29, 0.717) is 19.6 Å². The van der Waals surface area contributed by atoms with Crippen molar-refractivity contribution in [3.8, 4) is 0 Å². The normalized spacial score (nSPS) is 12.1. The Bertz CT molecular complexity index is 580. The second-order valence-corrected chi connectivity index (χ2v) is 14.8. The molecule has 0 heterocycles. The molecule has 4 heteroatoms. The van der Waals surface area contributed by atoms with E-state index in [0.717, 1.165) is 19.3 Å². The zero-order valence-corrected chi connectivity index (χ0v) is 32.3. The second-order valence-electron chi connectivity index (χ2n) is 14.8. The summed E-state index contributed by atoms with van der Waals surface area (Å²) in [6.45, 7) is 5.39. The molecule has 47 heavy (non-hydrogen) atoms. The van der Waals surface area contributed by atoms with E-state index in [4.69, 9.17) is 9.47 Å². The molecule has 1 unspecified atom stereocenters. The number of aliphatic hydroxyl groups is 1. The fourth-order valence-corrected chi connectivity index (χ4v) is 6.68. The lowest BCUT2D eigenvalue weighted by atomic mass is 10.0. The minimum Gasteiger partial charge on any atom is -0.457 e. The molecule has 0 amide bonds. The summed E-state index contributed by atoms with van der Waals surface area (Å²) < 4.78 is 11.2. The average molecular weight is 667 g/mol. The summed E-state index contributed by atoms with van der Waals surface area (Å²) in [7, 11) is 0. The molecule has 4 nitrogen and oxygen atoms in total. The number of carbonyl (C=O) groups excluding carboxylic acids is 1. The minimum atomic E-state index is -0.524. The summed E-state index contributed by atoms with van der Waals surface area (Å²) in [4.78, 5) is 12.1. The summed E-state index contributed by atoms with van der Waals surface area (Å²) in [5, 5.41) is 9.58. The Morgan fingerprint density at radius 1 is 0.426 bits per heavy atom. The predicted molar refractivity (Wildman–Crippen MR) is 205 cm³/mol. The Balaban J connectivity index is 3.31. The Hall–Kier alpha value is -0.610. The minimum absolute atomic E-state index is 0.163. The number of esters is 1. The van der Waals surface area contributed by atoms with Crippen LogP contribution >= 0.6 is 0 Å². The van der Waals surface area contributed by atoms with Crippen LogP contribution in [0.1, 0.15) is 245 Å². The van der Waals surface area contributed by atoms with Crippen LogP contribution in [0.3, 0.4) is 0 Å². The number of hydrogen-bond acceptors (Lipinski definition) is 4. The maximum absolute atomic E-state index is 12.1. The van der Waals surface area contributed by atoms with Gasteiger partial charge >= 0.3 is 5.97 Å². The van der Waals surface area contributed by atoms with Crippen LogP contribution in [0.2, 0.25) is 0 Å². The van der Waals surface area contributed by atoms with Crippen LogP contribution < -0.4 is 0 Å². The number of aliphatic hydroxyl groups excluding tert-OH is 1. The van der Waals surface area contributed by atoms with Crippen molar-refractivity contribution < 1.29 is 19.4 Å². The second kappa shape index (κ2) is 41.6. The summed E-state index contributed by atoms with van der Waals surface area (Å²) in [6.07, 6.45) is 47.4.